The molecule has 0 aliphatic heterocycles. The van der Waals surface area contributed by atoms with Gasteiger partial charge in [-0.3, -0.25) is 4.79 Å². The van der Waals surface area contributed by atoms with Gasteiger partial charge in [-0.25, -0.2) is 5.43 Å². The minimum absolute atomic E-state index is 0.480. The SMILES string of the molecule is Cn1ccc(/C=N\NC(=O)C(O)(c2ccccc2)c2ccccc2)c1. The van der Waals surface area contributed by atoms with E-state index in [9.17, 15) is 9.90 Å². The van der Waals surface area contributed by atoms with Gasteiger partial charge in [0, 0.05) is 25.0 Å². The lowest BCUT2D eigenvalue weighted by Crippen LogP contribution is -2.43. The molecule has 1 heterocycles. The lowest BCUT2D eigenvalue weighted by molar-refractivity contribution is -0.136. The van der Waals surface area contributed by atoms with Gasteiger partial charge in [0.25, 0.3) is 5.91 Å². The molecule has 0 radical (unpaired) electrons. The summed E-state index contributed by atoms with van der Waals surface area (Å²) in [6, 6.07) is 19.5. The number of aromatic nitrogens is 1. The maximum Gasteiger partial charge on any atom is 0.281 e. The van der Waals surface area contributed by atoms with Crippen LogP contribution in [0.1, 0.15) is 16.7 Å². The fourth-order valence-corrected chi connectivity index (χ4v) is 2.64. The molecule has 0 spiro atoms. The smallest absolute Gasteiger partial charge is 0.281 e. The van der Waals surface area contributed by atoms with Gasteiger partial charge < -0.3 is 9.67 Å². The number of carbonyl (C=O) groups excluding carboxylic acids is 1. The number of aliphatic hydroxyl groups is 1. The predicted molar refractivity (Wildman–Crippen MR) is 97.0 cm³/mol. The first-order valence-corrected chi connectivity index (χ1v) is 7.89. The van der Waals surface area contributed by atoms with Gasteiger partial charge in [-0.05, 0) is 17.2 Å². The monoisotopic (exact) mass is 333 g/mol. The second-order valence-corrected chi connectivity index (χ2v) is 5.75. The summed E-state index contributed by atoms with van der Waals surface area (Å²) in [5, 5.41) is 15.2. The first-order chi connectivity index (χ1) is 12.1. The molecule has 3 rings (SSSR count). The Hall–Kier alpha value is -3.18. The topological polar surface area (TPSA) is 66.6 Å². The van der Waals surface area contributed by atoms with E-state index in [-0.39, 0.29) is 0 Å². The summed E-state index contributed by atoms with van der Waals surface area (Å²) >= 11 is 0. The quantitative estimate of drug-likeness (QED) is 0.556. The second kappa shape index (κ2) is 7.15. The Labute approximate surface area is 146 Å². The van der Waals surface area contributed by atoms with E-state index >= 15 is 0 Å². The van der Waals surface area contributed by atoms with Crippen molar-refractivity contribution >= 4 is 12.1 Å². The summed E-state index contributed by atoms with van der Waals surface area (Å²) < 4.78 is 1.88. The highest BCUT2D eigenvalue weighted by Crippen LogP contribution is 2.29. The first-order valence-electron chi connectivity index (χ1n) is 7.89. The lowest BCUT2D eigenvalue weighted by atomic mass is 9.85. The van der Waals surface area contributed by atoms with Crippen LogP contribution in [-0.2, 0) is 17.4 Å². The molecule has 1 amide bonds. The summed E-state index contributed by atoms with van der Waals surface area (Å²) in [4.78, 5) is 12.8. The van der Waals surface area contributed by atoms with Crippen LogP contribution in [0, 0.1) is 0 Å². The highest BCUT2D eigenvalue weighted by Gasteiger charge is 2.39. The number of hydrogen-bond donors (Lipinski definition) is 2. The molecule has 0 aliphatic carbocycles. The minimum atomic E-state index is -1.82. The van der Waals surface area contributed by atoms with Crippen LogP contribution in [0.5, 0.6) is 0 Å². The van der Waals surface area contributed by atoms with E-state index in [0.29, 0.717) is 11.1 Å². The zero-order chi connectivity index (χ0) is 17.7. The maximum absolute atomic E-state index is 12.8. The van der Waals surface area contributed by atoms with E-state index in [1.807, 2.05) is 42.2 Å². The molecule has 5 nitrogen and oxygen atoms in total. The number of amides is 1. The second-order valence-electron chi connectivity index (χ2n) is 5.75. The van der Waals surface area contributed by atoms with Gasteiger partial charge in [-0.15, -0.1) is 0 Å². The number of hydrogen-bond acceptors (Lipinski definition) is 3. The molecule has 2 aromatic carbocycles. The Morgan fingerprint density at radius 1 is 1.04 bits per heavy atom. The molecule has 5 heteroatoms. The van der Waals surface area contributed by atoms with Crippen molar-refractivity contribution in [2.24, 2.45) is 12.1 Å². The molecule has 3 aromatic rings. The number of carbonyl (C=O) groups is 1. The van der Waals surface area contributed by atoms with Gasteiger partial charge in [0.1, 0.15) is 0 Å². The molecule has 0 bridgehead atoms. The molecule has 1 aromatic heterocycles. The van der Waals surface area contributed by atoms with Crippen LogP contribution in [0.15, 0.2) is 84.2 Å². The molecule has 0 saturated heterocycles. The molecule has 0 aliphatic rings. The van der Waals surface area contributed by atoms with E-state index in [1.165, 1.54) is 6.21 Å². The van der Waals surface area contributed by atoms with Crippen molar-refractivity contribution in [1.82, 2.24) is 9.99 Å². The number of nitrogens with one attached hydrogen (secondary N) is 1. The molecule has 0 fully saturated rings. The molecule has 0 saturated carbocycles. The summed E-state index contributed by atoms with van der Waals surface area (Å²) in [6.45, 7) is 0. The van der Waals surface area contributed by atoms with Gasteiger partial charge in [0.15, 0.2) is 5.60 Å². The zero-order valence-corrected chi connectivity index (χ0v) is 13.8. The van der Waals surface area contributed by atoms with Crippen molar-refractivity contribution in [1.29, 1.82) is 0 Å². The third-order valence-corrected chi connectivity index (χ3v) is 3.95. The standard InChI is InChI=1S/C20H19N3O2/c1-23-13-12-16(15-23)14-21-22-19(24)20(25,17-8-4-2-5-9-17)18-10-6-3-7-11-18/h2-15,25H,1H3,(H,22,24)/b21-14-. The van der Waals surface area contributed by atoms with Gasteiger partial charge in [-0.2, -0.15) is 5.10 Å². The Morgan fingerprint density at radius 2 is 1.60 bits per heavy atom. The Balaban J connectivity index is 1.89. The van der Waals surface area contributed by atoms with Crippen LogP contribution in [0.2, 0.25) is 0 Å². The van der Waals surface area contributed by atoms with Crippen LogP contribution in [0.25, 0.3) is 0 Å². The normalized spacial score (nSPS) is 11.6. The van der Waals surface area contributed by atoms with Crippen molar-refractivity contribution in [2.45, 2.75) is 5.60 Å². The van der Waals surface area contributed by atoms with Crippen molar-refractivity contribution < 1.29 is 9.90 Å². The van der Waals surface area contributed by atoms with E-state index in [1.54, 1.807) is 48.5 Å². The largest absolute Gasteiger partial charge is 0.372 e. The van der Waals surface area contributed by atoms with Crippen LogP contribution >= 0.6 is 0 Å². The number of nitrogens with zero attached hydrogens (tertiary/aromatic N) is 2. The summed E-state index contributed by atoms with van der Waals surface area (Å²) in [5.74, 6) is -0.614. The predicted octanol–water partition coefficient (Wildman–Crippen LogP) is 2.41. The lowest BCUT2D eigenvalue weighted by Gasteiger charge is -2.27. The third kappa shape index (κ3) is 3.51. The average molecular weight is 333 g/mol. The molecular formula is C20H19N3O2. The molecule has 0 unspecified atom stereocenters. The number of aryl methyl sites for hydroxylation is 1. The van der Waals surface area contributed by atoms with Crippen LogP contribution in [0.3, 0.4) is 0 Å². The number of hydrazone groups is 1. The van der Waals surface area contributed by atoms with Gasteiger partial charge in [0.2, 0.25) is 0 Å². The summed E-state index contributed by atoms with van der Waals surface area (Å²) in [6.07, 6.45) is 5.29. The molecule has 25 heavy (non-hydrogen) atoms. The first kappa shape index (κ1) is 16.7. The number of benzene rings is 2. The summed E-state index contributed by atoms with van der Waals surface area (Å²) in [7, 11) is 1.90. The molecule has 2 N–H and O–H groups in total. The Morgan fingerprint density at radius 3 is 2.08 bits per heavy atom. The zero-order valence-electron chi connectivity index (χ0n) is 13.8. The molecular weight excluding hydrogens is 314 g/mol. The van der Waals surface area contributed by atoms with Crippen molar-refractivity contribution in [2.75, 3.05) is 0 Å². The summed E-state index contributed by atoms with van der Waals surface area (Å²) in [5.41, 5.74) is 2.44. The fraction of sp³-hybridized carbons (Fsp3) is 0.100. The fourth-order valence-electron chi connectivity index (χ4n) is 2.64. The van der Waals surface area contributed by atoms with Crippen molar-refractivity contribution in [3.63, 3.8) is 0 Å². The molecule has 0 atom stereocenters. The van der Waals surface area contributed by atoms with E-state index < -0.39 is 11.5 Å². The Bertz CT molecular complexity index is 831. The third-order valence-electron chi connectivity index (χ3n) is 3.95. The Kier molecular flexibility index (Phi) is 4.77. The van der Waals surface area contributed by atoms with Gasteiger partial charge >= 0.3 is 0 Å². The van der Waals surface area contributed by atoms with E-state index in [2.05, 4.69) is 10.5 Å². The average Bonchev–Trinajstić information content (AvgIpc) is 3.07. The van der Waals surface area contributed by atoms with Crippen LogP contribution in [-0.4, -0.2) is 21.8 Å². The van der Waals surface area contributed by atoms with E-state index in [4.69, 9.17) is 0 Å². The number of rotatable bonds is 5. The minimum Gasteiger partial charge on any atom is -0.372 e. The van der Waals surface area contributed by atoms with Gasteiger partial charge in [-0.1, -0.05) is 60.7 Å². The van der Waals surface area contributed by atoms with Crippen LogP contribution < -0.4 is 5.43 Å². The van der Waals surface area contributed by atoms with E-state index in [0.717, 1.165) is 5.56 Å². The highest BCUT2D eigenvalue weighted by atomic mass is 16.3. The maximum atomic E-state index is 12.8. The van der Waals surface area contributed by atoms with Crippen LogP contribution in [0.4, 0.5) is 0 Å². The van der Waals surface area contributed by atoms with Gasteiger partial charge in [0.05, 0.1) is 6.21 Å². The highest BCUT2D eigenvalue weighted by molar-refractivity contribution is 5.91. The molecule has 126 valence electrons. The van der Waals surface area contributed by atoms with Crippen molar-refractivity contribution in [3.05, 3.63) is 95.8 Å². The van der Waals surface area contributed by atoms with Crippen molar-refractivity contribution in [3.8, 4) is 0 Å².